The predicted molar refractivity (Wildman–Crippen MR) is 115 cm³/mol. The highest BCUT2D eigenvalue weighted by Crippen LogP contribution is 2.24. The van der Waals surface area contributed by atoms with E-state index in [-0.39, 0.29) is 18.1 Å². The first kappa shape index (κ1) is 19.5. The first-order valence-corrected chi connectivity index (χ1v) is 9.76. The molecule has 0 unspecified atom stereocenters. The Kier molecular flexibility index (Phi) is 5.61. The number of nitrogens with zero attached hydrogens (tertiary/aromatic N) is 1. The minimum absolute atomic E-state index is 0.231. The Bertz CT molecular complexity index is 1090. The highest BCUT2D eigenvalue weighted by atomic mass is 16.5. The first-order valence-electron chi connectivity index (χ1n) is 9.76. The van der Waals surface area contributed by atoms with Crippen molar-refractivity contribution in [1.82, 2.24) is 10.2 Å². The minimum atomic E-state index is -0.422. The molecule has 0 radical (unpaired) electrons. The van der Waals surface area contributed by atoms with Gasteiger partial charge < -0.3 is 10.1 Å². The maximum atomic E-state index is 12.8. The van der Waals surface area contributed by atoms with Crippen LogP contribution in [0.2, 0.25) is 0 Å². The van der Waals surface area contributed by atoms with Gasteiger partial charge in [0.2, 0.25) is 0 Å². The molecule has 3 aromatic carbocycles. The molecule has 3 amide bonds. The Labute approximate surface area is 175 Å². The predicted octanol–water partition coefficient (Wildman–Crippen LogP) is 4.67. The van der Waals surface area contributed by atoms with Crippen molar-refractivity contribution in [2.45, 2.75) is 20.1 Å². The second kappa shape index (κ2) is 8.66. The molecule has 0 spiro atoms. The number of hydrogen-bond acceptors (Lipinski definition) is 3. The highest BCUT2D eigenvalue weighted by Gasteiger charge is 2.33. The second-order valence-corrected chi connectivity index (χ2v) is 7.18. The van der Waals surface area contributed by atoms with Crippen molar-refractivity contribution < 1.29 is 14.3 Å². The quantitative estimate of drug-likeness (QED) is 0.485. The lowest BCUT2D eigenvalue weighted by Gasteiger charge is -2.12. The smallest absolute Gasteiger partial charge is 0.329 e. The van der Waals surface area contributed by atoms with Crippen LogP contribution in [0, 0.1) is 6.92 Å². The summed E-state index contributed by atoms with van der Waals surface area (Å²) in [7, 11) is 0. The van der Waals surface area contributed by atoms with Crippen LogP contribution >= 0.6 is 0 Å². The zero-order valence-corrected chi connectivity index (χ0v) is 16.7. The molecule has 0 atom stereocenters. The summed E-state index contributed by atoms with van der Waals surface area (Å²) in [6, 6.07) is 24.7. The van der Waals surface area contributed by atoms with E-state index in [0.717, 1.165) is 22.3 Å². The van der Waals surface area contributed by atoms with Crippen LogP contribution in [0.3, 0.4) is 0 Å². The fourth-order valence-electron chi connectivity index (χ4n) is 3.21. The SMILES string of the molecule is Cc1ccc(CN2C(=O)N/C(=C/c3ccccc3OCc3ccccc3)C2=O)cc1. The van der Waals surface area contributed by atoms with Gasteiger partial charge in [0.05, 0.1) is 6.54 Å². The summed E-state index contributed by atoms with van der Waals surface area (Å²) in [5.41, 5.74) is 4.05. The van der Waals surface area contributed by atoms with Crippen LogP contribution in [-0.4, -0.2) is 16.8 Å². The molecule has 1 heterocycles. The summed E-state index contributed by atoms with van der Waals surface area (Å²) in [6.07, 6.45) is 1.66. The van der Waals surface area contributed by atoms with E-state index in [1.54, 1.807) is 6.08 Å². The fraction of sp³-hybridized carbons (Fsp3) is 0.120. The van der Waals surface area contributed by atoms with Crippen LogP contribution in [0.15, 0.2) is 84.6 Å². The Morgan fingerprint density at radius 2 is 1.57 bits per heavy atom. The zero-order valence-electron chi connectivity index (χ0n) is 16.7. The van der Waals surface area contributed by atoms with Gasteiger partial charge in [-0.15, -0.1) is 0 Å². The van der Waals surface area contributed by atoms with Gasteiger partial charge in [-0.2, -0.15) is 0 Å². The number of aryl methyl sites for hydroxylation is 1. The van der Waals surface area contributed by atoms with E-state index in [1.807, 2.05) is 85.8 Å². The van der Waals surface area contributed by atoms with Crippen molar-refractivity contribution in [2.75, 3.05) is 0 Å². The Hall–Kier alpha value is -3.86. The molecular weight excluding hydrogens is 376 g/mol. The van der Waals surface area contributed by atoms with Crippen LogP contribution in [-0.2, 0) is 17.9 Å². The van der Waals surface area contributed by atoms with Gasteiger partial charge in [-0.1, -0.05) is 78.4 Å². The molecule has 0 aromatic heterocycles. The largest absolute Gasteiger partial charge is 0.488 e. The fourth-order valence-corrected chi connectivity index (χ4v) is 3.21. The van der Waals surface area contributed by atoms with Crippen molar-refractivity contribution >= 4 is 18.0 Å². The lowest BCUT2D eigenvalue weighted by molar-refractivity contribution is -0.123. The summed E-state index contributed by atoms with van der Waals surface area (Å²) >= 11 is 0. The van der Waals surface area contributed by atoms with E-state index in [1.165, 1.54) is 4.90 Å². The van der Waals surface area contributed by atoms with E-state index in [9.17, 15) is 9.59 Å². The molecule has 150 valence electrons. The molecule has 1 saturated heterocycles. The molecule has 0 saturated carbocycles. The van der Waals surface area contributed by atoms with Gasteiger partial charge in [-0.3, -0.25) is 9.69 Å². The van der Waals surface area contributed by atoms with Crippen LogP contribution in [0.4, 0.5) is 4.79 Å². The lowest BCUT2D eigenvalue weighted by Crippen LogP contribution is -2.30. The van der Waals surface area contributed by atoms with Gasteiger partial charge in [-0.05, 0) is 30.2 Å². The summed E-state index contributed by atoms with van der Waals surface area (Å²) < 4.78 is 5.95. The van der Waals surface area contributed by atoms with Crippen LogP contribution < -0.4 is 10.1 Å². The number of amides is 3. The van der Waals surface area contributed by atoms with Gasteiger partial charge in [-0.25, -0.2) is 4.79 Å². The molecule has 0 aliphatic carbocycles. The monoisotopic (exact) mass is 398 g/mol. The molecule has 3 aromatic rings. The average Bonchev–Trinajstić information content (AvgIpc) is 3.03. The molecule has 0 bridgehead atoms. The number of urea groups is 1. The summed E-state index contributed by atoms with van der Waals surface area (Å²) in [6.45, 7) is 2.64. The van der Waals surface area contributed by atoms with Crippen molar-refractivity contribution in [2.24, 2.45) is 0 Å². The summed E-state index contributed by atoms with van der Waals surface area (Å²) in [5, 5.41) is 2.68. The number of para-hydroxylation sites is 1. The van der Waals surface area contributed by atoms with Gasteiger partial charge >= 0.3 is 6.03 Å². The standard InChI is InChI=1S/C25H22N2O3/c1-18-11-13-19(14-12-18)16-27-24(28)22(26-25(27)29)15-21-9-5-6-10-23(21)30-17-20-7-3-2-4-8-20/h2-15H,16-17H2,1H3,(H,26,29)/b22-15+. The topological polar surface area (TPSA) is 58.6 Å². The van der Waals surface area contributed by atoms with E-state index >= 15 is 0 Å². The second-order valence-electron chi connectivity index (χ2n) is 7.18. The van der Waals surface area contributed by atoms with Crippen molar-refractivity contribution in [3.63, 3.8) is 0 Å². The maximum absolute atomic E-state index is 12.8. The van der Waals surface area contributed by atoms with Crippen LogP contribution in [0.1, 0.15) is 22.3 Å². The zero-order chi connectivity index (χ0) is 20.9. The maximum Gasteiger partial charge on any atom is 0.329 e. The number of rotatable bonds is 6. The van der Waals surface area contributed by atoms with E-state index in [0.29, 0.717) is 12.4 Å². The molecule has 1 fully saturated rings. The molecule has 5 heteroatoms. The molecule has 1 aliphatic rings. The summed E-state index contributed by atoms with van der Waals surface area (Å²) in [5.74, 6) is 0.298. The average molecular weight is 398 g/mol. The van der Waals surface area contributed by atoms with Gasteiger partial charge in [0.15, 0.2) is 0 Å². The Morgan fingerprint density at radius 1 is 0.867 bits per heavy atom. The van der Waals surface area contributed by atoms with Crippen LogP contribution in [0.25, 0.3) is 6.08 Å². The Balaban J connectivity index is 1.51. The minimum Gasteiger partial charge on any atom is -0.488 e. The van der Waals surface area contributed by atoms with Crippen LogP contribution in [0.5, 0.6) is 5.75 Å². The number of hydrogen-bond donors (Lipinski definition) is 1. The van der Waals surface area contributed by atoms with E-state index in [4.69, 9.17) is 4.74 Å². The molecule has 1 aliphatic heterocycles. The van der Waals surface area contributed by atoms with Gasteiger partial charge in [0.1, 0.15) is 18.1 Å². The number of benzene rings is 3. The van der Waals surface area contributed by atoms with E-state index in [2.05, 4.69) is 5.32 Å². The number of nitrogens with one attached hydrogen (secondary N) is 1. The summed E-state index contributed by atoms with van der Waals surface area (Å²) in [4.78, 5) is 26.4. The molecule has 4 rings (SSSR count). The van der Waals surface area contributed by atoms with E-state index < -0.39 is 6.03 Å². The third kappa shape index (κ3) is 4.41. The highest BCUT2D eigenvalue weighted by molar-refractivity contribution is 6.14. The molecule has 5 nitrogen and oxygen atoms in total. The number of carbonyl (C=O) groups excluding carboxylic acids is 2. The number of imide groups is 1. The lowest BCUT2D eigenvalue weighted by atomic mass is 10.1. The van der Waals surface area contributed by atoms with Gasteiger partial charge in [0, 0.05) is 5.56 Å². The normalized spacial score (nSPS) is 14.8. The number of ether oxygens (including phenoxy) is 1. The van der Waals surface area contributed by atoms with Crippen molar-refractivity contribution in [1.29, 1.82) is 0 Å². The van der Waals surface area contributed by atoms with Crippen molar-refractivity contribution in [3.05, 3.63) is 107 Å². The Morgan fingerprint density at radius 3 is 2.33 bits per heavy atom. The molecule has 30 heavy (non-hydrogen) atoms. The first-order chi connectivity index (χ1) is 14.6. The number of carbonyl (C=O) groups is 2. The van der Waals surface area contributed by atoms with Gasteiger partial charge in [0.25, 0.3) is 5.91 Å². The van der Waals surface area contributed by atoms with Crippen molar-refractivity contribution in [3.8, 4) is 5.75 Å². The third-order valence-corrected chi connectivity index (χ3v) is 4.88. The molecule has 1 N–H and O–H groups in total. The third-order valence-electron chi connectivity index (χ3n) is 4.88. The molecular formula is C25H22N2O3.